The zero-order chi connectivity index (χ0) is 27.8. The molecule has 5 heteroatoms. The highest BCUT2D eigenvalue weighted by molar-refractivity contribution is 5.88. The third-order valence-electron chi connectivity index (χ3n) is 7.45. The molecular weight excluding hydrogens is 484 g/mol. The summed E-state index contributed by atoms with van der Waals surface area (Å²) in [4.78, 5) is 29.5. The monoisotopic (exact) mass is 526 g/mol. The lowest BCUT2D eigenvalue weighted by molar-refractivity contribution is -0.143. The van der Waals surface area contributed by atoms with Crippen molar-refractivity contribution in [3.8, 4) is 5.75 Å². The first-order valence-electron chi connectivity index (χ1n) is 14.1. The maximum atomic E-state index is 14.0. The molecule has 0 bridgehead atoms. The number of rotatable bonds is 10. The van der Waals surface area contributed by atoms with Crippen molar-refractivity contribution >= 4 is 11.8 Å². The van der Waals surface area contributed by atoms with Gasteiger partial charge in [-0.3, -0.25) is 9.59 Å². The van der Waals surface area contributed by atoms with Crippen LogP contribution in [0.5, 0.6) is 5.75 Å². The molecule has 0 spiro atoms. The summed E-state index contributed by atoms with van der Waals surface area (Å²) < 4.78 is 6.16. The minimum absolute atomic E-state index is 0.0955. The number of carbonyl (C=O) groups excluding carboxylic acids is 2. The molecule has 1 N–H and O–H groups in total. The van der Waals surface area contributed by atoms with Crippen LogP contribution in [0.3, 0.4) is 0 Å². The maximum Gasteiger partial charge on any atom is 0.261 e. The van der Waals surface area contributed by atoms with Gasteiger partial charge >= 0.3 is 0 Å². The Bertz CT molecular complexity index is 1240. The summed E-state index contributed by atoms with van der Waals surface area (Å²) in [5, 5.41) is 3.26. The number of aryl methyl sites for hydroxylation is 1. The van der Waals surface area contributed by atoms with E-state index in [0.717, 1.165) is 47.9 Å². The van der Waals surface area contributed by atoms with Gasteiger partial charge < -0.3 is 15.0 Å². The molecule has 1 aliphatic carbocycles. The lowest BCUT2D eigenvalue weighted by Gasteiger charge is -2.32. The van der Waals surface area contributed by atoms with Crippen LogP contribution in [0.1, 0.15) is 68.7 Å². The van der Waals surface area contributed by atoms with Crippen LogP contribution in [0.25, 0.3) is 0 Å². The second-order valence-corrected chi connectivity index (χ2v) is 11.7. The predicted molar refractivity (Wildman–Crippen MR) is 157 cm³/mol. The van der Waals surface area contributed by atoms with Gasteiger partial charge in [0.1, 0.15) is 11.8 Å². The minimum atomic E-state index is -0.650. The summed E-state index contributed by atoms with van der Waals surface area (Å²) in [5.74, 6) is 0.397. The highest BCUT2D eigenvalue weighted by Crippen LogP contribution is 2.31. The zero-order valence-corrected chi connectivity index (χ0v) is 23.8. The number of nitrogens with one attached hydrogen (secondary N) is 1. The molecule has 3 aromatic rings. The summed E-state index contributed by atoms with van der Waals surface area (Å²) in [6, 6.07) is 25.4. The molecule has 4 rings (SSSR count). The molecule has 3 aromatic carbocycles. The highest BCUT2D eigenvalue weighted by atomic mass is 16.5. The summed E-state index contributed by atoms with van der Waals surface area (Å²) >= 11 is 0. The van der Waals surface area contributed by atoms with Gasteiger partial charge in [0, 0.05) is 19.0 Å². The fraction of sp³-hybridized carbons (Fsp3) is 0.412. The van der Waals surface area contributed by atoms with E-state index in [2.05, 4.69) is 32.2 Å². The first-order valence-corrected chi connectivity index (χ1v) is 14.1. The van der Waals surface area contributed by atoms with E-state index in [1.807, 2.05) is 79.7 Å². The molecule has 1 atom stereocenters. The Kier molecular flexibility index (Phi) is 9.45. The molecule has 0 heterocycles. The topological polar surface area (TPSA) is 58.6 Å². The van der Waals surface area contributed by atoms with E-state index in [-0.39, 0.29) is 29.9 Å². The molecule has 39 heavy (non-hydrogen) atoms. The van der Waals surface area contributed by atoms with Crippen LogP contribution >= 0.6 is 0 Å². The van der Waals surface area contributed by atoms with Gasteiger partial charge in [-0.15, -0.1) is 0 Å². The Balaban J connectivity index is 1.64. The number of ether oxygens (including phenoxy) is 1. The van der Waals surface area contributed by atoms with Gasteiger partial charge in [0.2, 0.25) is 5.91 Å². The smallest absolute Gasteiger partial charge is 0.261 e. The third-order valence-corrected chi connectivity index (χ3v) is 7.45. The molecule has 5 nitrogen and oxygen atoms in total. The van der Waals surface area contributed by atoms with Crippen molar-refractivity contribution in [1.29, 1.82) is 0 Å². The number of carbonyl (C=O) groups is 2. The molecule has 0 aromatic heterocycles. The summed E-state index contributed by atoms with van der Waals surface area (Å²) in [5.41, 5.74) is 4.04. The van der Waals surface area contributed by atoms with E-state index in [9.17, 15) is 9.59 Å². The second-order valence-electron chi connectivity index (χ2n) is 11.7. The molecule has 1 unspecified atom stereocenters. The number of hydrogen-bond acceptors (Lipinski definition) is 3. The van der Waals surface area contributed by atoms with Gasteiger partial charge in [0.15, 0.2) is 6.61 Å². The van der Waals surface area contributed by atoms with Gasteiger partial charge in [0.25, 0.3) is 5.91 Å². The van der Waals surface area contributed by atoms with Crippen LogP contribution in [0, 0.1) is 6.92 Å². The summed E-state index contributed by atoms with van der Waals surface area (Å²) in [6.45, 7) is 8.62. The Hall–Kier alpha value is -3.60. The average molecular weight is 527 g/mol. The molecule has 1 saturated carbocycles. The first kappa shape index (κ1) is 28.4. The molecule has 0 aliphatic heterocycles. The largest absolute Gasteiger partial charge is 0.483 e. The van der Waals surface area contributed by atoms with Gasteiger partial charge in [-0.25, -0.2) is 0 Å². The van der Waals surface area contributed by atoms with Crippen molar-refractivity contribution in [2.24, 2.45) is 0 Å². The summed E-state index contributed by atoms with van der Waals surface area (Å²) in [6.07, 6.45) is 4.67. The Morgan fingerprint density at radius 2 is 1.59 bits per heavy atom. The van der Waals surface area contributed by atoms with Crippen LogP contribution in [0.4, 0.5) is 0 Å². The lowest BCUT2D eigenvalue weighted by atomic mass is 9.86. The second kappa shape index (κ2) is 13.0. The van der Waals surface area contributed by atoms with Crippen LogP contribution < -0.4 is 10.1 Å². The van der Waals surface area contributed by atoms with Crippen molar-refractivity contribution in [3.63, 3.8) is 0 Å². The Morgan fingerprint density at radius 1 is 0.923 bits per heavy atom. The molecule has 0 saturated heterocycles. The lowest BCUT2D eigenvalue weighted by Crippen LogP contribution is -2.53. The van der Waals surface area contributed by atoms with Crippen LogP contribution in [0.2, 0.25) is 0 Å². The quantitative estimate of drug-likeness (QED) is 0.334. The number of para-hydroxylation sites is 1. The molecule has 0 radical (unpaired) electrons. The maximum absolute atomic E-state index is 14.0. The number of nitrogens with zero attached hydrogens (tertiary/aromatic N) is 1. The number of benzene rings is 3. The Morgan fingerprint density at radius 3 is 2.28 bits per heavy atom. The number of hydrogen-bond donors (Lipinski definition) is 1. The molecule has 1 aliphatic rings. The fourth-order valence-electron chi connectivity index (χ4n) is 5.36. The average Bonchev–Trinajstić information content (AvgIpc) is 3.42. The van der Waals surface area contributed by atoms with Gasteiger partial charge in [-0.05, 0) is 47.9 Å². The zero-order valence-electron chi connectivity index (χ0n) is 23.8. The number of amides is 2. The van der Waals surface area contributed by atoms with Crippen molar-refractivity contribution in [2.75, 3.05) is 6.61 Å². The molecule has 1 fully saturated rings. The van der Waals surface area contributed by atoms with Crippen molar-refractivity contribution in [3.05, 3.63) is 101 Å². The normalized spacial score (nSPS) is 14.6. The van der Waals surface area contributed by atoms with Crippen molar-refractivity contribution in [2.45, 2.75) is 83.8 Å². The standard InChI is InChI=1S/C34H42N2O3/c1-25-13-12-16-27(21-25)23-36(32(37)24-39-31-20-11-10-19-29(31)34(2,3)4)30(22-26-14-6-5-7-15-26)33(38)35-28-17-8-9-18-28/h5-7,10-16,19-21,28,30H,8-9,17-18,22-24H2,1-4H3,(H,35,38). The predicted octanol–water partition coefficient (Wildman–Crippen LogP) is 6.37. The minimum Gasteiger partial charge on any atom is -0.483 e. The van der Waals surface area contributed by atoms with E-state index in [4.69, 9.17) is 4.74 Å². The van der Waals surface area contributed by atoms with E-state index in [1.54, 1.807) is 4.90 Å². The molecule has 206 valence electrons. The first-order chi connectivity index (χ1) is 18.7. The molecule has 2 amide bonds. The third kappa shape index (κ3) is 7.95. The van der Waals surface area contributed by atoms with Crippen molar-refractivity contribution < 1.29 is 14.3 Å². The van der Waals surface area contributed by atoms with Crippen molar-refractivity contribution in [1.82, 2.24) is 10.2 Å². The Labute approximate surface area is 233 Å². The van der Waals surface area contributed by atoms with Crippen LogP contribution in [-0.4, -0.2) is 35.4 Å². The highest BCUT2D eigenvalue weighted by Gasteiger charge is 2.32. The fourth-order valence-corrected chi connectivity index (χ4v) is 5.36. The van der Waals surface area contributed by atoms with E-state index < -0.39 is 6.04 Å². The SMILES string of the molecule is Cc1cccc(CN(C(=O)COc2ccccc2C(C)(C)C)C(Cc2ccccc2)C(=O)NC2CCCC2)c1. The van der Waals surface area contributed by atoms with E-state index >= 15 is 0 Å². The summed E-state index contributed by atoms with van der Waals surface area (Å²) in [7, 11) is 0. The van der Waals surface area contributed by atoms with Crippen LogP contribution in [-0.2, 0) is 28.0 Å². The van der Waals surface area contributed by atoms with E-state index in [0.29, 0.717) is 18.7 Å². The van der Waals surface area contributed by atoms with Gasteiger partial charge in [0.05, 0.1) is 0 Å². The van der Waals surface area contributed by atoms with Crippen LogP contribution in [0.15, 0.2) is 78.9 Å². The molecular formula is C34H42N2O3. The van der Waals surface area contributed by atoms with Gasteiger partial charge in [-0.1, -0.05) is 112 Å². The van der Waals surface area contributed by atoms with E-state index in [1.165, 1.54) is 0 Å². The van der Waals surface area contributed by atoms with Gasteiger partial charge in [-0.2, -0.15) is 0 Å².